The van der Waals surface area contributed by atoms with Gasteiger partial charge in [0.15, 0.2) is 5.96 Å². The maximum Gasteiger partial charge on any atom is 0.191 e. The number of hydrogen-bond donors (Lipinski definition) is 2. The van der Waals surface area contributed by atoms with Crippen molar-refractivity contribution < 1.29 is 9.47 Å². The Balaban J connectivity index is 2.42. The van der Waals surface area contributed by atoms with Gasteiger partial charge in [-0.15, -0.1) is 6.58 Å². The predicted octanol–water partition coefficient (Wildman–Crippen LogP) is 1.81. The van der Waals surface area contributed by atoms with Crippen molar-refractivity contribution in [1.82, 2.24) is 10.6 Å². The number of nitrogens with zero attached hydrogens (tertiary/aromatic N) is 1. The summed E-state index contributed by atoms with van der Waals surface area (Å²) in [6.07, 6.45) is 1.78. The average Bonchev–Trinajstić information content (AvgIpc) is 2.47. The Labute approximate surface area is 120 Å². The van der Waals surface area contributed by atoms with Crippen LogP contribution >= 0.6 is 0 Å². The molecule has 0 radical (unpaired) electrons. The third-order valence-electron chi connectivity index (χ3n) is 2.57. The van der Waals surface area contributed by atoms with Gasteiger partial charge < -0.3 is 20.1 Å². The van der Waals surface area contributed by atoms with Crippen molar-refractivity contribution >= 4 is 5.96 Å². The molecule has 1 aromatic rings. The van der Waals surface area contributed by atoms with Crippen LogP contribution in [0.2, 0.25) is 0 Å². The van der Waals surface area contributed by atoms with Crippen molar-refractivity contribution in [3.8, 4) is 11.5 Å². The van der Waals surface area contributed by atoms with Crippen LogP contribution < -0.4 is 20.1 Å². The van der Waals surface area contributed by atoms with Gasteiger partial charge in [-0.3, -0.25) is 4.99 Å². The fourth-order valence-corrected chi connectivity index (χ4v) is 1.58. The molecule has 1 aromatic carbocycles. The molecule has 110 valence electrons. The number of benzene rings is 1. The van der Waals surface area contributed by atoms with Crippen molar-refractivity contribution in [1.29, 1.82) is 0 Å². The average molecular weight is 277 g/mol. The Morgan fingerprint density at radius 2 is 2.15 bits per heavy atom. The van der Waals surface area contributed by atoms with E-state index in [1.165, 1.54) is 0 Å². The molecule has 2 N–H and O–H groups in total. The number of methoxy groups -OCH3 is 1. The summed E-state index contributed by atoms with van der Waals surface area (Å²) in [5.74, 6) is 2.30. The molecule has 0 amide bonds. The third-order valence-corrected chi connectivity index (χ3v) is 2.57. The lowest BCUT2D eigenvalue weighted by Gasteiger charge is -2.17. The summed E-state index contributed by atoms with van der Waals surface area (Å²) in [5.41, 5.74) is 0. The van der Waals surface area contributed by atoms with Gasteiger partial charge in [-0.1, -0.05) is 12.1 Å². The maximum atomic E-state index is 5.81. The van der Waals surface area contributed by atoms with Crippen molar-refractivity contribution in [2.45, 2.75) is 13.0 Å². The summed E-state index contributed by atoms with van der Waals surface area (Å²) in [6.45, 7) is 6.96. The lowest BCUT2D eigenvalue weighted by atomic mass is 10.3. The van der Waals surface area contributed by atoms with Crippen molar-refractivity contribution in [3.63, 3.8) is 0 Å². The van der Waals surface area contributed by atoms with Gasteiger partial charge in [0.2, 0.25) is 0 Å². The van der Waals surface area contributed by atoms with E-state index in [1.807, 2.05) is 31.2 Å². The fourth-order valence-electron chi connectivity index (χ4n) is 1.58. The van der Waals surface area contributed by atoms with E-state index in [0.29, 0.717) is 13.1 Å². The number of nitrogens with one attached hydrogen (secondary N) is 2. The smallest absolute Gasteiger partial charge is 0.191 e. The van der Waals surface area contributed by atoms with Crippen LogP contribution in [0.4, 0.5) is 0 Å². The highest BCUT2D eigenvalue weighted by Crippen LogP contribution is 2.19. The van der Waals surface area contributed by atoms with Crippen LogP contribution in [0.25, 0.3) is 0 Å². The molecule has 1 unspecified atom stereocenters. The molecule has 0 aliphatic carbocycles. The predicted molar refractivity (Wildman–Crippen MR) is 82.6 cm³/mol. The monoisotopic (exact) mass is 277 g/mol. The standard InChI is InChI=1S/C15H23N3O2/c1-5-9-17-15(16-3)18-11-12(2)20-14-8-6-7-13(10-14)19-4/h5-8,10,12H,1,9,11H2,2-4H3,(H2,16,17,18). The van der Waals surface area contributed by atoms with Gasteiger partial charge in [0.05, 0.1) is 13.7 Å². The first-order chi connectivity index (χ1) is 9.69. The van der Waals surface area contributed by atoms with Gasteiger partial charge in [-0.2, -0.15) is 0 Å². The topological polar surface area (TPSA) is 54.9 Å². The van der Waals surface area contributed by atoms with E-state index in [4.69, 9.17) is 9.47 Å². The zero-order chi connectivity index (χ0) is 14.8. The maximum absolute atomic E-state index is 5.81. The van der Waals surface area contributed by atoms with E-state index < -0.39 is 0 Å². The van der Waals surface area contributed by atoms with Crippen molar-refractivity contribution in [2.75, 3.05) is 27.2 Å². The SMILES string of the molecule is C=CCNC(=NC)NCC(C)Oc1cccc(OC)c1. The molecule has 1 rings (SSSR count). The number of ether oxygens (including phenoxy) is 2. The van der Waals surface area contributed by atoms with Crippen LogP contribution in [0.15, 0.2) is 41.9 Å². The van der Waals surface area contributed by atoms with Crippen molar-refractivity contribution in [3.05, 3.63) is 36.9 Å². The highest BCUT2D eigenvalue weighted by Gasteiger charge is 2.06. The minimum absolute atomic E-state index is 0.00406. The van der Waals surface area contributed by atoms with Crippen LogP contribution in [0.3, 0.4) is 0 Å². The number of rotatable bonds is 7. The molecule has 5 heteroatoms. The van der Waals surface area contributed by atoms with Gasteiger partial charge in [0.25, 0.3) is 0 Å². The van der Waals surface area contributed by atoms with Gasteiger partial charge >= 0.3 is 0 Å². The summed E-state index contributed by atoms with van der Waals surface area (Å²) in [6, 6.07) is 7.56. The minimum atomic E-state index is 0.00406. The van der Waals surface area contributed by atoms with E-state index in [2.05, 4.69) is 22.2 Å². The minimum Gasteiger partial charge on any atom is -0.497 e. The van der Waals surface area contributed by atoms with Crippen LogP contribution in [0, 0.1) is 0 Å². The van der Waals surface area contributed by atoms with Gasteiger partial charge in [-0.05, 0) is 19.1 Å². The molecule has 0 spiro atoms. The number of hydrogen-bond acceptors (Lipinski definition) is 3. The van der Waals surface area contributed by atoms with Crippen LogP contribution in [0.5, 0.6) is 11.5 Å². The quantitative estimate of drug-likeness (QED) is 0.453. The summed E-state index contributed by atoms with van der Waals surface area (Å²) < 4.78 is 11.0. The van der Waals surface area contributed by atoms with E-state index in [-0.39, 0.29) is 6.10 Å². The number of guanidine groups is 1. The highest BCUT2D eigenvalue weighted by molar-refractivity contribution is 5.79. The largest absolute Gasteiger partial charge is 0.497 e. The molecule has 0 aliphatic rings. The summed E-state index contributed by atoms with van der Waals surface area (Å²) in [4.78, 5) is 4.10. The van der Waals surface area contributed by atoms with Gasteiger partial charge in [-0.25, -0.2) is 0 Å². The second-order valence-electron chi connectivity index (χ2n) is 4.23. The lowest BCUT2D eigenvalue weighted by molar-refractivity contribution is 0.223. The van der Waals surface area contributed by atoms with E-state index in [1.54, 1.807) is 20.2 Å². The summed E-state index contributed by atoms with van der Waals surface area (Å²) >= 11 is 0. The normalized spacial score (nSPS) is 12.4. The van der Waals surface area contributed by atoms with Crippen LogP contribution in [0.1, 0.15) is 6.92 Å². The fraction of sp³-hybridized carbons (Fsp3) is 0.400. The van der Waals surface area contributed by atoms with Crippen LogP contribution in [-0.2, 0) is 0 Å². The lowest BCUT2D eigenvalue weighted by Crippen LogP contribution is -2.41. The molecule has 1 atom stereocenters. The van der Waals surface area contributed by atoms with E-state index in [0.717, 1.165) is 17.5 Å². The Bertz CT molecular complexity index is 446. The summed E-state index contributed by atoms with van der Waals surface area (Å²) in [5, 5.41) is 6.29. The molecular weight excluding hydrogens is 254 g/mol. The Morgan fingerprint density at radius 3 is 2.80 bits per heavy atom. The summed E-state index contributed by atoms with van der Waals surface area (Å²) in [7, 11) is 3.37. The first kappa shape index (κ1) is 15.9. The van der Waals surface area contributed by atoms with Gasteiger partial charge in [0, 0.05) is 19.7 Å². The molecule has 0 saturated carbocycles. The van der Waals surface area contributed by atoms with Crippen molar-refractivity contribution in [2.24, 2.45) is 4.99 Å². The first-order valence-electron chi connectivity index (χ1n) is 6.55. The molecular formula is C15H23N3O2. The highest BCUT2D eigenvalue weighted by atomic mass is 16.5. The molecule has 0 aromatic heterocycles. The molecule has 0 heterocycles. The third kappa shape index (κ3) is 5.65. The van der Waals surface area contributed by atoms with Crippen LogP contribution in [-0.4, -0.2) is 39.3 Å². The van der Waals surface area contributed by atoms with E-state index >= 15 is 0 Å². The Morgan fingerprint density at radius 1 is 1.40 bits per heavy atom. The molecule has 0 aliphatic heterocycles. The zero-order valence-corrected chi connectivity index (χ0v) is 12.3. The second kappa shape index (κ2) is 8.85. The molecule has 0 bridgehead atoms. The van der Waals surface area contributed by atoms with E-state index in [9.17, 15) is 0 Å². The Hall–Kier alpha value is -2.17. The molecule has 0 saturated heterocycles. The first-order valence-corrected chi connectivity index (χ1v) is 6.55. The Kier molecular flexibility index (Phi) is 7.03. The number of aliphatic imine (C=N–C) groups is 1. The molecule has 0 fully saturated rings. The van der Waals surface area contributed by atoms with Gasteiger partial charge in [0.1, 0.15) is 17.6 Å². The second-order valence-corrected chi connectivity index (χ2v) is 4.23. The zero-order valence-electron chi connectivity index (χ0n) is 12.3. The molecule has 20 heavy (non-hydrogen) atoms. The molecule has 5 nitrogen and oxygen atoms in total.